The highest BCUT2D eigenvalue weighted by Crippen LogP contribution is 2.30. The van der Waals surface area contributed by atoms with Crippen LogP contribution in [0.4, 0.5) is 0 Å². The lowest BCUT2D eigenvalue weighted by Crippen LogP contribution is -2.32. The Morgan fingerprint density at radius 2 is 2.20 bits per heavy atom. The first-order valence-electron chi connectivity index (χ1n) is 7.08. The van der Waals surface area contributed by atoms with Crippen LogP contribution in [0, 0.1) is 0 Å². The molecule has 108 valence electrons. The van der Waals surface area contributed by atoms with Crippen molar-refractivity contribution in [3.8, 4) is 0 Å². The number of rotatable bonds is 2. The monoisotopic (exact) mass is 291 g/mol. The van der Waals surface area contributed by atoms with Gasteiger partial charge in [0.25, 0.3) is 0 Å². The Labute approximate surface area is 123 Å². The highest BCUT2D eigenvalue weighted by molar-refractivity contribution is 7.10. The van der Waals surface area contributed by atoms with Crippen LogP contribution in [0.2, 0.25) is 0 Å². The molecule has 4 nitrogen and oxygen atoms in total. The Balaban J connectivity index is 1.77. The van der Waals surface area contributed by atoms with Gasteiger partial charge in [0.1, 0.15) is 0 Å². The van der Waals surface area contributed by atoms with Crippen LogP contribution in [0.15, 0.2) is 16.0 Å². The van der Waals surface area contributed by atoms with Gasteiger partial charge < -0.3 is 4.52 Å². The molecule has 0 spiro atoms. The summed E-state index contributed by atoms with van der Waals surface area (Å²) in [6.45, 7) is 10.5. The van der Waals surface area contributed by atoms with Crippen molar-refractivity contribution in [2.45, 2.75) is 52.1 Å². The fourth-order valence-corrected chi connectivity index (χ4v) is 3.36. The maximum absolute atomic E-state index is 5.48. The smallest absolute Gasteiger partial charge is 0.243 e. The van der Waals surface area contributed by atoms with E-state index in [1.807, 2.05) is 11.3 Å². The minimum absolute atomic E-state index is 0.0656. The molecule has 5 heteroatoms. The van der Waals surface area contributed by atoms with Crippen molar-refractivity contribution in [3.05, 3.63) is 33.6 Å². The molecule has 0 saturated heterocycles. The van der Waals surface area contributed by atoms with E-state index < -0.39 is 0 Å². The van der Waals surface area contributed by atoms with Crippen LogP contribution in [0.5, 0.6) is 0 Å². The van der Waals surface area contributed by atoms with Gasteiger partial charge in [0.15, 0.2) is 5.82 Å². The van der Waals surface area contributed by atoms with Crippen LogP contribution in [0.3, 0.4) is 0 Å². The average Bonchev–Trinajstić information content (AvgIpc) is 3.05. The molecule has 3 rings (SSSR count). The number of thiophene rings is 1. The van der Waals surface area contributed by atoms with E-state index in [1.165, 1.54) is 10.4 Å². The maximum Gasteiger partial charge on any atom is 0.243 e. The van der Waals surface area contributed by atoms with Crippen LogP contribution < -0.4 is 0 Å². The van der Waals surface area contributed by atoms with Gasteiger partial charge in [0.05, 0.1) is 6.04 Å². The van der Waals surface area contributed by atoms with Gasteiger partial charge in [-0.1, -0.05) is 25.9 Å². The lowest BCUT2D eigenvalue weighted by molar-refractivity contribution is 0.159. The molecular weight excluding hydrogens is 270 g/mol. The molecule has 0 amide bonds. The lowest BCUT2D eigenvalue weighted by atomic mass is 9.96. The Morgan fingerprint density at radius 1 is 1.40 bits per heavy atom. The fourth-order valence-electron chi connectivity index (χ4n) is 2.47. The summed E-state index contributed by atoms with van der Waals surface area (Å²) < 4.78 is 5.48. The van der Waals surface area contributed by atoms with Crippen molar-refractivity contribution in [2.75, 3.05) is 6.54 Å². The second-order valence-corrected chi connectivity index (χ2v) is 7.47. The number of aromatic nitrogens is 2. The molecule has 1 aliphatic heterocycles. The summed E-state index contributed by atoms with van der Waals surface area (Å²) in [5.41, 5.74) is 1.38. The predicted molar refractivity (Wildman–Crippen MR) is 79.8 cm³/mol. The summed E-state index contributed by atoms with van der Waals surface area (Å²) in [7, 11) is 0. The van der Waals surface area contributed by atoms with Crippen LogP contribution in [-0.2, 0) is 18.4 Å². The molecule has 0 aliphatic carbocycles. The maximum atomic E-state index is 5.48. The van der Waals surface area contributed by atoms with E-state index in [-0.39, 0.29) is 11.5 Å². The van der Waals surface area contributed by atoms with Gasteiger partial charge in [0.2, 0.25) is 5.89 Å². The molecule has 20 heavy (non-hydrogen) atoms. The Bertz CT molecular complexity index is 596. The summed E-state index contributed by atoms with van der Waals surface area (Å²) in [6, 6.07) is 2.40. The summed E-state index contributed by atoms with van der Waals surface area (Å²) in [6.07, 6.45) is 1.12. The van der Waals surface area contributed by atoms with Crippen molar-refractivity contribution in [2.24, 2.45) is 0 Å². The van der Waals surface area contributed by atoms with Gasteiger partial charge >= 0.3 is 0 Å². The summed E-state index contributed by atoms with van der Waals surface area (Å²) in [4.78, 5) is 8.52. The zero-order valence-corrected chi connectivity index (χ0v) is 13.3. The normalized spacial score (nSPS) is 18.0. The van der Waals surface area contributed by atoms with E-state index in [9.17, 15) is 0 Å². The summed E-state index contributed by atoms with van der Waals surface area (Å²) >= 11 is 1.86. The van der Waals surface area contributed by atoms with E-state index in [2.05, 4.69) is 54.2 Å². The van der Waals surface area contributed by atoms with Crippen molar-refractivity contribution in [1.82, 2.24) is 15.0 Å². The second-order valence-electron chi connectivity index (χ2n) is 6.47. The average molecular weight is 291 g/mol. The van der Waals surface area contributed by atoms with E-state index in [4.69, 9.17) is 4.52 Å². The van der Waals surface area contributed by atoms with Crippen molar-refractivity contribution >= 4 is 11.3 Å². The lowest BCUT2D eigenvalue weighted by Gasteiger charge is -2.30. The molecule has 0 bridgehead atoms. The number of hydrogen-bond donors (Lipinski definition) is 0. The number of nitrogens with zero attached hydrogens (tertiary/aromatic N) is 3. The molecule has 1 atom stereocenters. The fraction of sp³-hybridized carbons (Fsp3) is 0.600. The van der Waals surface area contributed by atoms with Crippen molar-refractivity contribution in [3.63, 3.8) is 0 Å². The molecule has 3 heterocycles. The first-order chi connectivity index (χ1) is 9.45. The van der Waals surface area contributed by atoms with Crippen LogP contribution >= 0.6 is 11.3 Å². The molecule has 2 aromatic rings. The zero-order valence-electron chi connectivity index (χ0n) is 12.5. The van der Waals surface area contributed by atoms with Gasteiger partial charge in [-0.15, -0.1) is 11.3 Å². The molecule has 0 aromatic carbocycles. The standard InChI is InChI=1S/C15H21N3OS/c1-10(13-16-14(17-19-13)15(2,3)4)18-7-5-12-11(9-18)6-8-20-12/h6,8,10H,5,7,9H2,1-4H3/t10-/m1/s1. The number of hydrogen-bond acceptors (Lipinski definition) is 5. The van der Waals surface area contributed by atoms with Crippen LogP contribution in [0.25, 0.3) is 0 Å². The molecular formula is C15H21N3OS. The van der Waals surface area contributed by atoms with E-state index in [0.717, 1.165) is 31.2 Å². The topological polar surface area (TPSA) is 42.2 Å². The molecule has 0 fully saturated rings. The SMILES string of the molecule is C[C@H](c1nc(C(C)(C)C)no1)N1CCc2sccc2C1. The first kappa shape index (κ1) is 13.8. The third-order valence-electron chi connectivity index (χ3n) is 3.85. The van der Waals surface area contributed by atoms with E-state index in [1.54, 1.807) is 0 Å². The zero-order chi connectivity index (χ0) is 14.3. The molecule has 0 N–H and O–H groups in total. The molecule has 0 saturated carbocycles. The number of fused-ring (bicyclic) bond motifs is 1. The Hall–Kier alpha value is -1.20. The van der Waals surface area contributed by atoms with E-state index >= 15 is 0 Å². The van der Waals surface area contributed by atoms with Gasteiger partial charge in [-0.2, -0.15) is 4.98 Å². The van der Waals surface area contributed by atoms with Crippen molar-refractivity contribution in [1.29, 1.82) is 0 Å². The van der Waals surface area contributed by atoms with Gasteiger partial charge in [-0.05, 0) is 30.4 Å². The first-order valence-corrected chi connectivity index (χ1v) is 7.96. The van der Waals surface area contributed by atoms with Crippen molar-refractivity contribution < 1.29 is 4.52 Å². The van der Waals surface area contributed by atoms with E-state index in [0.29, 0.717) is 0 Å². The Morgan fingerprint density at radius 3 is 2.90 bits per heavy atom. The van der Waals surface area contributed by atoms with Crippen LogP contribution in [0.1, 0.15) is 55.9 Å². The quantitative estimate of drug-likeness (QED) is 0.848. The molecule has 0 unspecified atom stereocenters. The predicted octanol–water partition coefficient (Wildman–Crippen LogP) is 3.55. The van der Waals surface area contributed by atoms with Gasteiger partial charge in [-0.3, -0.25) is 4.90 Å². The minimum Gasteiger partial charge on any atom is -0.338 e. The summed E-state index contributed by atoms with van der Waals surface area (Å²) in [5, 5.41) is 6.31. The molecule has 0 radical (unpaired) electrons. The van der Waals surface area contributed by atoms with Gasteiger partial charge in [-0.25, -0.2) is 0 Å². The van der Waals surface area contributed by atoms with Crippen LogP contribution in [-0.4, -0.2) is 21.6 Å². The third kappa shape index (κ3) is 2.52. The van der Waals surface area contributed by atoms with Gasteiger partial charge in [0, 0.05) is 23.4 Å². The highest BCUT2D eigenvalue weighted by atomic mass is 32.1. The Kier molecular flexibility index (Phi) is 3.42. The minimum atomic E-state index is -0.0656. The molecule has 2 aromatic heterocycles. The third-order valence-corrected chi connectivity index (χ3v) is 4.88. The summed E-state index contributed by atoms with van der Waals surface area (Å²) in [5.74, 6) is 1.51. The highest BCUT2D eigenvalue weighted by Gasteiger charge is 2.28. The largest absolute Gasteiger partial charge is 0.338 e. The second kappa shape index (κ2) is 4.97. The molecule has 1 aliphatic rings.